The molecular weight excluding hydrogens is 520 g/mol. The number of benzene rings is 4. The van der Waals surface area contributed by atoms with Crippen LogP contribution in [0.15, 0.2) is 84.9 Å². The zero-order valence-electron chi connectivity index (χ0n) is 22.9. The predicted octanol–water partition coefficient (Wildman–Crippen LogP) is 9.06. The molecule has 0 bridgehead atoms. The molecule has 6 heteroatoms. The summed E-state index contributed by atoms with van der Waals surface area (Å²) in [7, 11) is 0. The second kappa shape index (κ2) is 10.9. The Morgan fingerprint density at radius 3 is 2.27 bits per heavy atom. The fraction of sp³-hybridized carbons (Fsp3) is 0.265. The molecule has 0 radical (unpaired) electrons. The van der Waals surface area contributed by atoms with E-state index in [2.05, 4.69) is 30.1 Å². The van der Waals surface area contributed by atoms with E-state index in [0.717, 1.165) is 72.5 Å². The highest BCUT2D eigenvalue weighted by Crippen LogP contribution is 2.56. The van der Waals surface area contributed by atoms with Gasteiger partial charge in [-0.1, -0.05) is 80.8 Å². The molecule has 0 saturated heterocycles. The lowest BCUT2D eigenvalue weighted by atomic mass is 9.77. The van der Waals surface area contributed by atoms with Gasteiger partial charge in [-0.25, -0.2) is 4.79 Å². The van der Waals surface area contributed by atoms with Crippen molar-refractivity contribution in [1.29, 1.82) is 0 Å². The molecule has 6 rings (SSSR count). The largest absolute Gasteiger partial charge is 0.456 e. The van der Waals surface area contributed by atoms with Crippen LogP contribution in [0.4, 0.5) is 17.1 Å². The predicted molar refractivity (Wildman–Crippen MR) is 161 cm³/mol. The molecule has 0 amide bonds. The standard InChI is InChI=1S/C34H33ClN2O3/c1-3-5-20-37(21-6-4-2)29-16-11-15-28(32(29)35)36-23-18-19-31-27(22-23)34(26-14-9-10-17-30(26)39-31)25-13-8-7-12-24(25)33(38)40-34/h7-19,22,36H,3-6,20-21H2,1-2H3. The van der Waals surface area contributed by atoms with E-state index in [-0.39, 0.29) is 5.97 Å². The Hall–Kier alpha value is -3.96. The first-order chi connectivity index (χ1) is 19.6. The molecule has 204 valence electrons. The summed E-state index contributed by atoms with van der Waals surface area (Å²) >= 11 is 7.03. The van der Waals surface area contributed by atoms with Crippen LogP contribution in [0, 0.1) is 0 Å². The number of fused-ring (bicyclic) bond motifs is 6. The van der Waals surface area contributed by atoms with E-state index in [1.807, 2.05) is 78.9 Å². The fourth-order valence-corrected chi connectivity index (χ4v) is 6.06. The van der Waals surface area contributed by atoms with Gasteiger partial charge in [0.05, 0.1) is 22.0 Å². The van der Waals surface area contributed by atoms with E-state index < -0.39 is 5.60 Å². The molecule has 2 heterocycles. The molecule has 0 aliphatic carbocycles. The highest BCUT2D eigenvalue weighted by molar-refractivity contribution is 6.36. The number of nitrogens with one attached hydrogen (secondary N) is 1. The summed E-state index contributed by atoms with van der Waals surface area (Å²) < 4.78 is 12.6. The lowest BCUT2D eigenvalue weighted by molar-refractivity contribution is 0.0224. The molecule has 1 N–H and O–H groups in total. The van der Waals surface area contributed by atoms with Gasteiger partial charge in [0.25, 0.3) is 0 Å². The van der Waals surface area contributed by atoms with Gasteiger partial charge in [-0.3, -0.25) is 0 Å². The molecule has 5 nitrogen and oxygen atoms in total. The van der Waals surface area contributed by atoms with Gasteiger partial charge in [0.15, 0.2) is 5.60 Å². The van der Waals surface area contributed by atoms with E-state index in [1.165, 1.54) is 0 Å². The second-order valence-corrected chi connectivity index (χ2v) is 10.8. The van der Waals surface area contributed by atoms with Gasteiger partial charge in [0, 0.05) is 35.5 Å². The number of rotatable bonds is 9. The average molecular weight is 553 g/mol. The van der Waals surface area contributed by atoms with Gasteiger partial charge in [-0.2, -0.15) is 0 Å². The van der Waals surface area contributed by atoms with E-state index in [0.29, 0.717) is 22.1 Å². The molecule has 0 fully saturated rings. The molecular formula is C34H33ClN2O3. The van der Waals surface area contributed by atoms with Gasteiger partial charge in [-0.15, -0.1) is 0 Å². The van der Waals surface area contributed by atoms with Gasteiger partial charge in [0.2, 0.25) is 0 Å². The monoisotopic (exact) mass is 552 g/mol. The van der Waals surface area contributed by atoms with E-state index >= 15 is 0 Å². The van der Waals surface area contributed by atoms with Gasteiger partial charge in [-0.05, 0) is 55.3 Å². The zero-order chi connectivity index (χ0) is 27.7. The number of carbonyl (C=O) groups is 1. The smallest absolute Gasteiger partial charge is 0.340 e. The maximum absolute atomic E-state index is 13.1. The van der Waals surface area contributed by atoms with Crippen LogP contribution < -0.4 is 15.0 Å². The quantitative estimate of drug-likeness (QED) is 0.210. The minimum Gasteiger partial charge on any atom is -0.456 e. The highest BCUT2D eigenvalue weighted by Gasteiger charge is 2.53. The Kier molecular flexibility index (Phi) is 7.16. The van der Waals surface area contributed by atoms with Crippen molar-refractivity contribution in [1.82, 2.24) is 0 Å². The van der Waals surface area contributed by atoms with Crippen LogP contribution in [-0.4, -0.2) is 19.1 Å². The minimum atomic E-state index is -1.10. The van der Waals surface area contributed by atoms with Crippen LogP contribution in [-0.2, 0) is 10.3 Å². The lowest BCUT2D eigenvalue weighted by Crippen LogP contribution is -2.33. The number of carbonyl (C=O) groups excluding carboxylic acids is 1. The first kappa shape index (κ1) is 26.3. The molecule has 40 heavy (non-hydrogen) atoms. The Labute approximate surface area is 240 Å². The number of hydrogen-bond acceptors (Lipinski definition) is 5. The number of unbranched alkanes of at least 4 members (excludes halogenated alkanes) is 2. The van der Waals surface area contributed by atoms with Gasteiger partial charge >= 0.3 is 5.97 Å². The molecule has 0 saturated carbocycles. The third-order valence-electron chi connectivity index (χ3n) is 7.78. The maximum Gasteiger partial charge on any atom is 0.340 e. The minimum absolute atomic E-state index is 0.341. The number of nitrogens with zero attached hydrogens (tertiary/aromatic N) is 1. The summed E-state index contributed by atoms with van der Waals surface area (Å²) in [5, 5.41) is 4.24. The van der Waals surface area contributed by atoms with Crippen molar-refractivity contribution in [3.8, 4) is 11.5 Å². The van der Waals surface area contributed by atoms with Gasteiger partial charge < -0.3 is 19.7 Å². The molecule has 2 aliphatic rings. The van der Waals surface area contributed by atoms with Crippen LogP contribution in [0.5, 0.6) is 11.5 Å². The molecule has 4 aromatic rings. The second-order valence-electron chi connectivity index (χ2n) is 10.4. The van der Waals surface area contributed by atoms with Crippen LogP contribution in [0.2, 0.25) is 5.02 Å². The summed E-state index contributed by atoms with van der Waals surface area (Å²) in [5.41, 5.74) is 4.56. The van der Waals surface area contributed by atoms with Crippen molar-refractivity contribution in [2.45, 2.75) is 45.1 Å². The molecule has 2 aliphatic heterocycles. The third kappa shape index (κ3) is 4.39. The number of ether oxygens (including phenoxy) is 2. The van der Waals surface area contributed by atoms with Crippen LogP contribution in [0.3, 0.4) is 0 Å². The SMILES string of the molecule is CCCCN(CCCC)c1cccc(Nc2ccc3c(c2)C2(OC(=O)c4ccccc42)c2ccccc2O3)c1Cl. The molecule has 1 unspecified atom stereocenters. The van der Waals surface area contributed by atoms with Crippen molar-refractivity contribution in [2.75, 3.05) is 23.3 Å². The molecule has 0 aromatic heterocycles. The Morgan fingerprint density at radius 1 is 0.800 bits per heavy atom. The van der Waals surface area contributed by atoms with Crippen LogP contribution >= 0.6 is 11.6 Å². The highest BCUT2D eigenvalue weighted by atomic mass is 35.5. The van der Waals surface area contributed by atoms with Crippen molar-refractivity contribution < 1.29 is 14.3 Å². The number of hydrogen-bond donors (Lipinski definition) is 1. The Morgan fingerprint density at radius 2 is 1.50 bits per heavy atom. The topological polar surface area (TPSA) is 50.8 Å². The zero-order valence-corrected chi connectivity index (χ0v) is 23.6. The number of halogens is 1. The maximum atomic E-state index is 13.1. The summed E-state index contributed by atoms with van der Waals surface area (Å²) in [6.45, 7) is 6.37. The van der Waals surface area contributed by atoms with Crippen LogP contribution in [0.25, 0.3) is 0 Å². The van der Waals surface area contributed by atoms with Gasteiger partial charge in [0.1, 0.15) is 11.5 Å². The molecule has 4 aromatic carbocycles. The van der Waals surface area contributed by atoms with Crippen molar-refractivity contribution in [3.63, 3.8) is 0 Å². The van der Waals surface area contributed by atoms with Crippen LogP contribution in [0.1, 0.15) is 66.6 Å². The summed E-state index contributed by atoms with van der Waals surface area (Å²) in [4.78, 5) is 15.5. The summed E-state index contributed by atoms with van der Waals surface area (Å²) in [5.74, 6) is 0.987. The Bertz CT molecular complexity index is 1560. The Balaban J connectivity index is 1.41. The van der Waals surface area contributed by atoms with Crippen molar-refractivity contribution in [2.24, 2.45) is 0 Å². The first-order valence-electron chi connectivity index (χ1n) is 14.1. The van der Waals surface area contributed by atoms with Crippen molar-refractivity contribution in [3.05, 3.63) is 112 Å². The summed E-state index contributed by atoms with van der Waals surface area (Å²) in [6.07, 6.45) is 4.50. The normalized spacial score (nSPS) is 16.5. The van der Waals surface area contributed by atoms with E-state index in [1.54, 1.807) is 0 Å². The van der Waals surface area contributed by atoms with E-state index in [9.17, 15) is 4.79 Å². The average Bonchev–Trinajstić information content (AvgIpc) is 3.28. The molecule has 1 spiro atoms. The fourth-order valence-electron chi connectivity index (χ4n) is 5.77. The lowest BCUT2D eigenvalue weighted by Gasteiger charge is -2.36. The third-order valence-corrected chi connectivity index (χ3v) is 8.18. The summed E-state index contributed by atoms with van der Waals surface area (Å²) in [6, 6.07) is 27.4. The number of anilines is 3. The number of para-hydroxylation sites is 1. The first-order valence-corrected chi connectivity index (χ1v) is 14.5. The number of esters is 1. The van der Waals surface area contributed by atoms with Crippen molar-refractivity contribution >= 4 is 34.6 Å². The molecule has 1 atom stereocenters. The van der Waals surface area contributed by atoms with E-state index in [4.69, 9.17) is 21.1 Å².